The fourth-order valence-electron chi connectivity index (χ4n) is 2.03. The van der Waals surface area contributed by atoms with Gasteiger partial charge in [0.25, 0.3) is 5.56 Å². The lowest BCUT2D eigenvalue weighted by Gasteiger charge is -2.11. The van der Waals surface area contributed by atoms with E-state index in [9.17, 15) is 27.6 Å². The Hall–Kier alpha value is -2.67. The average Bonchev–Trinajstić information content (AvgIpc) is 2.59. The summed E-state index contributed by atoms with van der Waals surface area (Å²) in [4.78, 5) is 45.0. The minimum atomic E-state index is -4.65. The van der Waals surface area contributed by atoms with Gasteiger partial charge < -0.3 is 10.5 Å². The quantitative estimate of drug-likeness (QED) is 0.388. The number of nitrogens with two attached hydrogens (primary N) is 1. The molecule has 2 aromatic heterocycles. The molecule has 0 spiro atoms. The fourth-order valence-corrected chi connectivity index (χ4v) is 2.74. The summed E-state index contributed by atoms with van der Waals surface area (Å²) in [7, 11) is 1.39. The van der Waals surface area contributed by atoms with Gasteiger partial charge in [-0.1, -0.05) is 11.8 Å². The van der Waals surface area contributed by atoms with Crippen LogP contribution in [0.4, 0.5) is 19.0 Å². The van der Waals surface area contributed by atoms with Gasteiger partial charge in [-0.3, -0.25) is 19.1 Å². The molecule has 2 rings (SSSR count). The molecule has 0 amide bonds. The molecule has 2 aromatic rings. The summed E-state index contributed by atoms with van der Waals surface area (Å²) in [5.74, 6) is -1.58. The number of thioether (sulfide) groups is 1. The standard InChI is InChI=1S/C14H14F3N5O4S/c1-26-5-4-22-10(18)9(11(24)21-13(22)25)7(23)6-27-12-19-3-2-8(20-12)14(15,16)17/h2-3H,4-6,18H2,1H3,(H,21,24,25). The van der Waals surface area contributed by atoms with E-state index < -0.39 is 40.2 Å². The Morgan fingerprint density at radius 2 is 2.11 bits per heavy atom. The average molecular weight is 405 g/mol. The molecule has 0 aliphatic rings. The van der Waals surface area contributed by atoms with Gasteiger partial charge in [-0.15, -0.1) is 0 Å². The predicted octanol–water partition coefficient (Wildman–Crippen LogP) is 0.549. The first-order valence-corrected chi connectivity index (χ1v) is 8.31. The van der Waals surface area contributed by atoms with Crippen LogP contribution in [0.5, 0.6) is 0 Å². The van der Waals surface area contributed by atoms with Gasteiger partial charge in [0.2, 0.25) is 0 Å². The topological polar surface area (TPSA) is 133 Å². The number of alkyl halides is 3. The molecule has 0 bridgehead atoms. The molecule has 0 atom stereocenters. The van der Waals surface area contributed by atoms with Gasteiger partial charge in [0.1, 0.15) is 17.1 Å². The number of carbonyl (C=O) groups excluding carboxylic acids is 1. The monoisotopic (exact) mass is 405 g/mol. The van der Waals surface area contributed by atoms with Crippen molar-refractivity contribution in [3.05, 3.63) is 44.4 Å². The van der Waals surface area contributed by atoms with E-state index in [1.54, 1.807) is 0 Å². The van der Waals surface area contributed by atoms with Crippen molar-refractivity contribution in [2.75, 3.05) is 25.2 Å². The van der Waals surface area contributed by atoms with Gasteiger partial charge in [0.05, 0.1) is 18.9 Å². The van der Waals surface area contributed by atoms with Crippen LogP contribution < -0.4 is 17.0 Å². The maximum absolute atomic E-state index is 12.7. The van der Waals surface area contributed by atoms with Crippen molar-refractivity contribution < 1.29 is 22.7 Å². The zero-order valence-electron chi connectivity index (χ0n) is 13.9. The van der Waals surface area contributed by atoms with Crippen LogP contribution in [0.1, 0.15) is 16.1 Å². The largest absolute Gasteiger partial charge is 0.433 e. The number of nitrogen functional groups attached to an aromatic ring is 1. The van der Waals surface area contributed by atoms with Crippen molar-refractivity contribution in [2.45, 2.75) is 17.9 Å². The van der Waals surface area contributed by atoms with Crippen molar-refractivity contribution in [1.82, 2.24) is 19.5 Å². The molecular weight excluding hydrogens is 391 g/mol. The van der Waals surface area contributed by atoms with Crippen LogP contribution in [0, 0.1) is 0 Å². The van der Waals surface area contributed by atoms with Crippen LogP contribution in [0.2, 0.25) is 0 Å². The summed E-state index contributed by atoms with van der Waals surface area (Å²) in [5.41, 5.74) is 2.34. The smallest absolute Gasteiger partial charge is 0.384 e. The number of carbonyl (C=O) groups is 1. The Kier molecular flexibility index (Phi) is 6.38. The zero-order valence-corrected chi connectivity index (χ0v) is 14.7. The molecule has 9 nitrogen and oxygen atoms in total. The first-order valence-electron chi connectivity index (χ1n) is 7.33. The third kappa shape index (κ3) is 4.95. The van der Waals surface area contributed by atoms with Crippen LogP contribution in [0.15, 0.2) is 27.0 Å². The van der Waals surface area contributed by atoms with Gasteiger partial charge >= 0.3 is 11.9 Å². The highest BCUT2D eigenvalue weighted by molar-refractivity contribution is 7.99. The second-order valence-electron chi connectivity index (χ2n) is 5.10. The predicted molar refractivity (Wildman–Crippen MR) is 89.7 cm³/mol. The molecule has 0 aliphatic heterocycles. The third-order valence-electron chi connectivity index (χ3n) is 3.29. The van der Waals surface area contributed by atoms with E-state index in [0.29, 0.717) is 17.8 Å². The number of nitrogens with zero attached hydrogens (tertiary/aromatic N) is 3. The van der Waals surface area contributed by atoms with Crippen molar-refractivity contribution in [3.63, 3.8) is 0 Å². The minimum Gasteiger partial charge on any atom is -0.384 e. The molecule has 146 valence electrons. The van der Waals surface area contributed by atoms with Gasteiger partial charge in [-0.2, -0.15) is 13.2 Å². The van der Waals surface area contributed by atoms with E-state index in [1.807, 2.05) is 4.98 Å². The molecule has 13 heteroatoms. The van der Waals surface area contributed by atoms with Crippen molar-refractivity contribution in [2.24, 2.45) is 0 Å². The lowest BCUT2D eigenvalue weighted by molar-refractivity contribution is -0.141. The molecule has 0 saturated heterocycles. The van der Waals surface area contributed by atoms with E-state index in [2.05, 4.69) is 9.97 Å². The first-order chi connectivity index (χ1) is 12.6. The Morgan fingerprint density at radius 1 is 1.41 bits per heavy atom. The first kappa shape index (κ1) is 20.6. The molecule has 0 radical (unpaired) electrons. The highest BCUT2D eigenvalue weighted by Gasteiger charge is 2.32. The molecule has 0 aliphatic carbocycles. The summed E-state index contributed by atoms with van der Waals surface area (Å²) in [6, 6.07) is 0.695. The maximum Gasteiger partial charge on any atom is 0.433 e. The summed E-state index contributed by atoms with van der Waals surface area (Å²) in [6.45, 7) is 0.110. The molecular formula is C14H14F3N5O4S. The lowest BCUT2D eigenvalue weighted by atomic mass is 10.2. The number of halogens is 3. The lowest BCUT2D eigenvalue weighted by Crippen LogP contribution is -2.37. The molecule has 27 heavy (non-hydrogen) atoms. The zero-order chi connectivity index (χ0) is 20.2. The van der Waals surface area contributed by atoms with E-state index in [-0.39, 0.29) is 24.1 Å². The summed E-state index contributed by atoms with van der Waals surface area (Å²) < 4.78 is 43.7. The maximum atomic E-state index is 12.7. The SMILES string of the molecule is COCCn1c(N)c(C(=O)CSc2nccc(C(F)(F)F)n2)c(=O)[nH]c1=O. The van der Waals surface area contributed by atoms with E-state index >= 15 is 0 Å². The Labute approximate surface area is 153 Å². The van der Waals surface area contributed by atoms with Crippen LogP contribution in [-0.2, 0) is 17.5 Å². The van der Waals surface area contributed by atoms with Gasteiger partial charge in [-0.25, -0.2) is 14.8 Å². The molecule has 0 fully saturated rings. The molecule has 0 unspecified atom stereocenters. The second-order valence-corrected chi connectivity index (χ2v) is 6.04. The Balaban J connectivity index is 2.24. The number of Topliss-reactive ketones (excluding diaryl/α,β-unsaturated/α-hetero) is 1. The Bertz CT molecular complexity index is 957. The van der Waals surface area contributed by atoms with Gasteiger partial charge in [0, 0.05) is 13.3 Å². The summed E-state index contributed by atoms with van der Waals surface area (Å²) in [6.07, 6.45) is -3.74. The number of H-pyrrole nitrogens is 1. The number of hydrogen-bond acceptors (Lipinski definition) is 8. The van der Waals surface area contributed by atoms with E-state index in [4.69, 9.17) is 10.5 Å². The number of ketones is 1. The summed E-state index contributed by atoms with van der Waals surface area (Å²) in [5, 5.41) is -0.291. The highest BCUT2D eigenvalue weighted by atomic mass is 32.2. The number of aromatic amines is 1. The second kappa shape index (κ2) is 8.35. The van der Waals surface area contributed by atoms with E-state index in [1.165, 1.54) is 7.11 Å². The number of ether oxygens (including phenoxy) is 1. The number of methoxy groups -OCH3 is 1. The third-order valence-corrected chi connectivity index (χ3v) is 4.16. The molecule has 3 N–H and O–H groups in total. The highest BCUT2D eigenvalue weighted by Crippen LogP contribution is 2.28. The molecule has 2 heterocycles. The number of hydrogen-bond donors (Lipinski definition) is 2. The van der Waals surface area contributed by atoms with Crippen LogP contribution in [0.3, 0.4) is 0 Å². The number of anilines is 1. The van der Waals surface area contributed by atoms with Crippen molar-refractivity contribution in [1.29, 1.82) is 0 Å². The van der Waals surface area contributed by atoms with Crippen molar-refractivity contribution in [3.8, 4) is 0 Å². The van der Waals surface area contributed by atoms with Gasteiger partial charge in [0.15, 0.2) is 10.9 Å². The number of rotatable bonds is 7. The Morgan fingerprint density at radius 3 is 2.74 bits per heavy atom. The van der Waals surface area contributed by atoms with E-state index in [0.717, 1.165) is 10.8 Å². The van der Waals surface area contributed by atoms with Crippen LogP contribution >= 0.6 is 11.8 Å². The normalized spacial score (nSPS) is 11.6. The number of aromatic nitrogens is 4. The van der Waals surface area contributed by atoms with Crippen LogP contribution in [-0.4, -0.2) is 44.8 Å². The molecule has 0 saturated carbocycles. The van der Waals surface area contributed by atoms with Crippen molar-refractivity contribution >= 4 is 23.4 Å². The number of nitrogens with one attached hydrogen (secondary N) is 1. The van der Waals surface area contributed by atoms with Crippen LogP contribution in [0.25, 0.3) is 0 Å². The minimum absolute atomic E-state index is 0.00209. The molecule has 0 aromatic carbocycles. The van der Waals surface area contributed by atoms with Gasteiger partial charge in [-0.05, 0) is 6.07 Å². The summed E-state index contributed by atoms with van der Waals surface area (Å²) >= 11 is 0.607. The fraction of sp³-hybridized carbons (Fsp3) is 0.357.